The van der Waals surface area contributed by atoms with E-state index in [0.29, 0.717) is 44.6 Å². The molecule has 0 spiro atoms. The van der Waals surface area contributed by atoms with Crippen molar-refractivity contribution in [2.24, 2.45) is 0 Å². The minimum atomic E-state index is -0.934. The normalized spacial score (nSPS) is 11.8. The number of hydrogen-bond acceptors (Lipinski definition) is 9. The predicted molar refractivity (Wildman–Crippen MR) is 359 cm³/mol. The van der Waals surface area contributed by atoms with Crippen LogP contribution >= 0.6 is 0 Å². The van der Waals surface area contributed by atoms with E-state index in [-0.39, 0.29) is 24.8 Å². The van der Waals surface area contributed by atoms with Crippen LogP contribution in [-0.4, -0.2) is 36.8 Å². The summed E-state index contributed by atoms with van der Waals surface area (Å²) >= 11 is 0. The van der Waals surface area contributed by atoms with Crippen LogP contribution in [0.2, 0.25) is 0 Å². The number of ketones is 2. The zero-order chi connectivity index (χ0) is 62.3. The molecule has 14 rings (SSSR count). The van der Waals surface area contributed by atoms with E-state index in [1.807, 2.05) is 122 Å². The Labute approximate surface area is 531 Å². The van der Waals surface area contributed by atoms with Gasteiger partial charge < -0.3 is 27.4 Å². The first kappa shape index (κ1) is 57.5. The van der Waals surface area contributed by atoms with Crippen LogP contribution in [-0.2, 0) is 33.8 Å². The first-order chi connectivity index (χ1) is 45.3. The van der Waals surface area contributed by atoms with E-state index in [2.05, 4.69) is 155 Å². The minimum Gasteiger partial charge on any atom is -0.457 e. The van der Waals surface area contributed by atoms with Crippen LogP contribution in [0.15, 0.2) is 325 Å². The van der Waals surface area contributed by atoms with Crippen LogP contribution in [0.5, 0.6) is 0 Å². The number of furan rings is 2. The Morgan fingerprint density at radius 1 is 0.380 bits per heavy atom. The van der Waals surface area contributed by atoms with E-state index < -0.39 is 17.2 Å². The Kier molecular flexibility index (Phi) is 15.9. The Hall–Kier alpha value is -12.2. The molecule has 0 fully saturated rings. The van der Waals surface area contributed by atoms with Gasteiger partial charge in [0, 0.05) is 33.0 Å². The Morgan fingerprint density at radius 2 is 0.696 bits per heavy atom. The number of carbonyl (C=O) groups is 3. The maximum absolute atomic E-state index is 14.0. The quantitative estimate of drug-likeness (QED) is 0.0317. The van der Waals surface area contributed by atoms with Crippen LogP contribution < -0.4 is 0 Å². The number of fused-ring (bicyclic) bond motifs is 2. The number of ether oxygens (including phenoxy) is 2. The van der Waals surface area contributed by atoms with Crippen molar-refractivity contribution in [2.45, 2.75) is 24.3 Å². The molecule has 10 aromatic carbocycles. The average Bonchev–Trinajstić information content (AvgIpc) is 1.12. The molecule has 0 aliphatic carbocycles. The number of aromatic nitrogens is 4. The maximum Gasteiger partial charge on any atom is 0.509 e. The molecule has 0 aliphatic rings. The second kappa shape index (κ2) is 25.5. The molecule has 0 bridgehead atoms. The van der Waals surface area contributed by atoms with Gasteiger partial charge in [-0.3, -0.25) is 9.59 Å². The summed E-state index contributed by atoms with van der Waals surface area (Å²) in [5.74, 6) is 0.314. The van der Waals surface area contributed by atoms with Gasteiger partial charge in [-0.2, -0.15) is 0 Å². The van der Waals surface area contributed by atoms with E-state index in [0.717, 1.165) is 67.0 Å². The fourth-order valence-corrected chi connectivity index (χ4v) is 12.7. The van der Waals surface area contributed by atoms with E-state index in [1.165, 1.54) is 0 Å². The van der Waals surface area contributed by atoms with E-state index in [4.69, 9.17) is 28.3 Å². The lowest BCUT2D eigenvalue weighted by Crippen LogP contribution is -2.37. The molecule has 92 heavy (non-hydrogen) atoms. The summed E-state index contributed by atoms with van der Waals surface area (Å²) in [6.07, 6.45) is 13.4. The number of imidazole rings is 2. The van der Waals surface area contributed by atoms with Crippen LogP contribution in [0.1, 0.15) is 76.7 Å². The van der Waals surface area contributed by atoms with Gasteiger partial charge in [0.2, 0.25) is 0 Å². The fraction of sp³-hybridized carbons (Fsp3) is 0.0494. The van der Waals surface area contributed by atoms with Gasteiger partial charge in [0.25, 0.3) is 0 Å². The molecule has 11 heteroatoms. The van der Waals surface area contributed by atoms with Crippen LogP contribution in [0.3, 0.4) is 0 Å². The fourth-order valence-electron chi connectivity index (χ4n) is 12.7. The SMILES string of the molecule is O=C(OCc1cc2cc(C(=O)C=Cc3ccccc3-c3cncn3C(c3ccccc3)(c3ccccc3)c3ccccc3)ccc2o1)OCc1cc2cc(C(=O)C=Cc3ccccc3-c3cncn3C(c3ccccc3)(c3ccccc3)c3ccccc3)ccc2o1. The van der Waals surface area contributed by atoms with Crippen molar-refractivity contribution in [3.63, 3.8) is 0 Å². The van der Waals surface area contributed by atoms with Crippen LogP contribution in [0, 0.1) is 0 Å². The van der Waals surface area contributed by atoms with Gasteiger partial charge in [0.05, 0.1) is 36.4 Å². The molecule has 4 heterocycles. The zero-order valence-electron chi connectivity index (χ0n) is 49.7. The Balaban J connectivity index is 0.631. The second-order valence-corrected chi connectivity index (χ2v) is 22.2. The van der Waals surface area contributed by atoms with E-state index >= 15 is 0 Å². The summed E-state index contributed by atoms with van der Waals surface area (Å²) in [5, 5.41) is 1.33. The molecule has 0 atom stereocenters. The molecule has 14 aromatic rings. The molecule has 444 valence electrons. The summed E-state index contributed by atoms with van der Waals surface area (Å²) in [7, 11) is 0. The van der Waals surface area contributed by atoms with Crippen molar-refractivity contribution in [3.8, 4) is 22.5 Å². The lowest BCUT2D eigenvalue weighted by Gasteiger charge is -2.38. The number of hydrogen-bond donors (Lipinski definition) is 0. The van der Waals surface area contributed by atoms with Crippen molar-refractivity contribution in [1.82, 2.24) is 19.1 Å². The van der Waals surface area contributed by atoms with Gasteiger partial charge in [0.1, 0.15) is 33.8 Å². The van der Waals surface area contributed by atoms with Crippen LogP contribution in [0.4, 0.5) is 4.79 Å². The molecule has 0 saturated carbocycles. The Morgan fingerprint density at radius 3 is 1.03 bits per heavy atom. The highest BCUT2D eigenvalue weighted by atomic mass is 16.7. The number of nitrogens with zero attached hydrogens (tertiary/aromatic N) is 4. The number of allylic oxidation sites excluding steroid dienone is 2. The molecule has 0 N–H and O–H groups in total. The second-order valence-electron chi connectivity index (χ2n) is 22.2. The average molecular weight is 1200 g/mol. The van der Waals surface area contributed by atoms with Gasteiger partial charge in [-0.15, -0.1) is 0 Å². The molecule has 0 amide bonds. The van der Waals surface area contributed by atoms with Crippen molar-refractivity contribution < 1.29 is 32.7 Å². The molecule has 0 saturated heterocycles. The first-order valence-electron chi connectivity index (χ1n) is 30.2. The lowest BCUT2D eigenvalue weighted by molar-refractivity contribution is 0.0368. The van der Waals surface area contributed by atoms with Gasteiger partial charge in [-0.1, -0.05) is 243 Å². The number of rotatable bonds is 20. The van der Waals surface area contributed by atoms with E-state index in [9.17, 15) is 14.4 Å². The summed E-state index contributed by atoms with van der Waals surface area (Å²) in [6, 6.07) is 92.5. The van der Waals surface area contributed by atoms with E-state index in [1.54, 1.807) is 60.7 Å². The molecule has 0 unspecified atom stereocenters. The first-order valence-corrected chi connectivity index (χ1v) is 30.2. The third-order valence-electron chi connectivity index (χ3n) is 16.8. The largest absolute Gasteiger partial charge is 0.509 e. The molecule has 0 radical (unpaired) electrons. The molecule has 0 aliphatic heterocycles. The third kappa shape index (κ3) is 11.0. The summed E-state index contributed by atoms with van der Waals surface area (Å²) in [4.78, 5) is 50.4. The van der Waals surface area contributed by atoms with Crippen molar-refractivity contribution in [2.75, 3.05) is 0 Å². The predicted octanol–water partition coefficient (Wildman–Crippen LogP) is 18.2. The third-order valence-corrected chi connectivity index (χ3v) is 16.8. The standard InChI is InChI=1S/C81H58N4O7/c86-75(43-39-57-23-19-21-37-71(57)73-51-82-55-84(73)80(63-25-7-1-8-26-63,64-27-9-2-10-28-64)65-29-11-3-12-30-65)59-41-45-77-61(47-59)49-69(91-77)53-89-79(88)90-54-70-50-62-48-60(42-46-78(62)92-70)76(87)44-40-58-24-20-22-38-72(58)74-52-83-56-85(74)81(66-31-13-4-14-32-66,67-33-15-5-16-34-67)68-35-17-6-18-36-68/h1-52,55-56H,53-54H2. The zero-order valence-corrected chi connectivity index (χ0v) is 49.7. The minimum absolute atomic E-state index is 0.206. The monoisotopic (exact) mass is 1200 g/mol. The van der Waals surface area contributed by atoms with Crippen molar-refractivity contribution in [1.29, 1.82) is 0 Å². The molecular weight excluding hydrogens is 1140 g/mol. The Bertz CT molecular complexity index is 4480. The van der Waals surface area contributed by atoms with Crippen molar-refractivity contribution >= 4 is 51.8 Å². The maximum atomic E-state index is 14.0. The highest BCUT2D eigenvalue weighted by Gasteiger charge is 2.41. The van der Waals surface area contributed by atoms with Crippen LogP contribution in [0.25, 0.3) is 56.6 Å². The molecule has 4 aromatic heterocycles. The topological polar surface area (TPSA) is 132 Å². The molecular formula is C81H58N4O7. The van der Waals surface area contributed by atoms with Gasteiger partial charge in [0.15, 0.2) is 24.8 Å². The lowest BCUT2D eigenvalue weighted by atomic mass is 9.76. The smallest absolute Gasteiger partial charge is 0.457 e. The highest BCUT2D eigenvalue weighted by molar-refractivity contribution is 6.09. The van der Waals surface area contributed by atoms with Gasteiger partial charge in [-0.05, 0) is 105 Å². The van der Waals surface area contributed by atoms with Gasteiger partial charge in [-0.25, -0.2) is 14.8 Å². The molecule has 11 nitrogen and oxygen atoms in total. The van der Waals surface area contributed by atoms with Crippen molar-refractivity contribution in [3.05, 3.63) is 383 Å². The summed E-state index contributed by atoms with van der Waals surface area (Å²) in [6.45, 7) is -0.430. The number of benzene rings is 10. The summed E-state index contributed by atoms with van der Waals surface area (Å²) in [5.41, 5.74) is 12.0. The van der Waals surface area contributed by atoms with Gasteiger partial charge >= 0.3 is 6.16 Å². The number of carbonyl (C=O) groups excluding carboxylic acids is 3. The summed E-state index contributed by atoms with van der Waals surface area (Å²) < 4.78 is 27.4. The highest BCUT2D eigenvalue weighted by Crippen LogP contribution is 2.46.